The molecule has 15 heteroatoms. The number of nitrogens with one attached hydrogen (secondary N) is 1. The van der Waals surface area contributed by atoms with E-state index in [2.05, 4.69) is 36.0 Å². The molecular formula is C29H31F3N10O2. The second-order valence-corrected chi connectivity index (χ2v) is 11.9. The van der Waals surface area contributed by atoms with Gasteiger partial charge >= 0.3 is 6.18 Å². The Labute approximate surface area is 250 Å². The molecule has 4 aromatic heterocycles. The number of aromatic nitrogens is 6. The topological polar surface area (TPSA) is 135 Å². The summed E-state index contributed by atoms with van der Waals surface area (Å²) < 4.78 is 42.6. The average molecular weight is 609 g/mol. The van der Waals surface area contributed by atoms with E-state index < -0.39 is 23.5 Å². The van der Waals surface area contributed by atoms with Gasteiger partial charge in [0.25, 0.3) is 0 Å². The molecule has 2 aliphatic heterocycles. The third-order valence-electron chi connectivity index (χ3n) is 8.84. The Morgan fingerprint density at radius 1 is 1.14 bits per heavy atom. The Morgan fingerprint density at radius 3 is 2.66 bits per heavy atom. The minimum absolute atomic E-state index is 0.0869. The SMILES string of the molecule is N#CCC1(n2cc(-c3ncnc4[nH]ccc34)cn2)CC(N2CCN(Oc3cc(CN4CC(O)C4)cc(C(F)(F)F)n3)CC2)C1. The molecule has 230 valence electrons. The molecule has 1 aliphatic carbocycles. The molecule has 2 N–H and O–H groups in total. The van der Waals surface area contributed by atoms with Gasteiger partial charge < -0.3 is 14.9 Å². The summed E-state index contributed by atoms with van der Waals surface area (Å²) in [5.41, 5.74) is 1.42. The van der Waals surface area contributed by atoms with E-state index >= 15 is 0 Å². The van der Waals surface area contributed by atoms with Crippen LogP contribution >= 0.6 is 0 Å². The number of nitriles is 1. The molecule has 7 rings (SSSR count). The minimum Gasteiger partial charge on any atom is -0.390 e. The third-order valence-corrected chi connectivity index (χ3v) is 8.84. The lowest BCUT2D eigenvalue weighted by Crippen LogP contribution is -2.60. The van der Waals surface area contributed by atoms with Gasteiger partial charge in [0.15, 0.2) is 0 Å². The third kappa shape index (κ3) is 5.50. The maximum Gasteiger partial charge on any atom is 0.433 e. The summed E-state index contributed by atoms with van der Waals surface area (Å²) in [6, 6.07) is 7.09. The number of nitrogens with zero attached hydrogens (tertiary/aromatic N) is 9. The van der Waals surface area contributed by atoms with Crippen molar-refractivity contribution < 1.29 is 23.1 Å². The summed E-state index contributed by atoms with van der Waals surface area (Å²) in [6.07, 6.45) is 3.87. The first kappa shape index (κ1) is 28.7. The number of fused-ring (bicyclic) bond motifs is 1. The summed E-state index contributed by atoms with van der Waals surface area (Å²) in [7, 11) is 0. The number of H-pyrrole nitrogens is 1. The molecule has 44 heavy (non-hydrogen) atoms. The van der Waals surface area contributed by atoms with Gasteiger partial charge in [-0.3, -0.25) is 14.5 Å². The molecule has 6 heterocycles. The Bertz CT molecular complexity index is 1680. The lowest BCUT2D eigenvalue weighted by Gasteiger charge is -2.52. The zero-order valence-corrected chi connectivity index (χ0v) is 23.8. The Kier molecular flexibility index (Phi) is 7.24. The monoisotopic (exact) mass is 608 g/mol. The zero-order valence-electron chi connectivity index (χ0n) is 23.8. The maximum atomic E-state index is 13.6. The van der Waals surface area contributed by atoms with Crippen LogP contribution in [0.5, 0.6) is 5.88 Å². The van der Waals surface area contributed by atoms with Gasteiger partial charge in [0, 0.05) is 81.3 Å². The smallest absolute Gasteiger partial charge is 0.390 e. The first-order valence-electron chi connectivity index (χ1n) is 14.6. The van der Waals surface area contributed by atoms with Crippen molar-refractivity contribution >= 4 is 11.0 Å². The number of pyridine rings is 1. The predicted octanol–water partition coefficient (Wildman–Crippen LogP) is 2.79. The number of β-amino-alcohol motifs (C(OH)–C–C–N with tert-alkyl or cyclic N) is 1. The summed E-state index contributed by atoms with van der Waals surface area (Å²) in [6.45, 7) is 3.48. The normalized spacial score (nSPS) is 23.8. The average Bonchev–Trinajstić information content (AvgIpc) is 3.64. The van der Waals surface area contributed by atoms with Crippen LogP contribution in [-0.4, -0.2) is 101 Å². The quantitative estimate of drug-likeness (QED) is 0.308. The highest BCUT2D eigenvalue weighted by Crippen LogP contribution is 2.45. The second kappa shape index (κ2) is 11.1. The van der Waals surface area contributed by atoms with Gasteiger partial charge in [-0.05, 0) is 30.5 Å². The van der Waals surface area contributed by atoms with E-state index in [9.17, 15) is 23.5 Å². The van der Waals surface area contributed by atoms with Crippen LogP contribution in [0.25, 0.3) is 22.3 Å². The highest BCUT2D eigenvalue weighted by molar-refractivity contribution is 5.90. The van der Waals surface area contributed by atoms with Crippen LogP contribution in [0.1, 0.15) is 30.5 Å². The fraction of sp³-hybridized carbons (Fsp3) is 0.483. The Morgan fingerprint density at radius 2 is 1.93 bits per heavy atom. The van der Waals surface area contributed by atoms with E-state index in [0.717, 1.165) is 41.2 Å². The summed E-state index contributed by atoms with van der Waals surface area (Å²) in [5, 5.41) is 26.4. The lowest BCUT2D eigenvalue weighted by atomic mass is 9.70. The van der Waals surface area contributed by atoms with Crippen molar-refractivity contribution in [2.24, 2.45) is 0 Å². The van der Waals surface area contributed by atoms with Gasteiger partial charge in [0.2, 0.25) is 5.88 Å². The highest BCUT2D eigenvalue weighted by Gasteiger charge is 2.49. The van der Waals surface area contributed by atoms with Gasteiger partial charge in [-0.1, -0.05) is 0 Å². The number of likely N-dealkylation sites (tertiary alicyclic amines) is 1. The number of hydrogen-bond donors (Lipinski definition) is 2. The van der Waals surface area contributed by atoms with Crippen molar-refractivity contribution in [1.29, 1.82) is 5.26 Å². The largest absolute Gasteiger partial charge is 0.433 e. The molecule has 0 spiro atoms. The molecule has 0 bridgehead atoms. The van der Waals surface area contributed by atoms with Crippen LogP contribution < -0.4 is 4.84 Å². The van der Waals surface area contributed by atoms with Crippen molar-refractivity contribution in [3.05, 3.63) is 54.4 Å². The van der Waals surface area contributed by atoms with Gasteiger partial charge in [0.05, 0.1) is 36.0 Å². The van der Waals surface area contributed by atoms with Crippen molar-refractivity contribution in [2.75, 3.05) is 39.3 Å². The molecule has 1 saturated carbocycles. The number of halogens is 3. The highest BCUT2D eigenvalue weighted by atomic mass is 19.4. The molecule has 3 fully saturated rings. The Balaban J connectivity index is 0.981. The van der Waals surface area contributed by atoms with E-state index in [1.807, 2.05) is 28.0 Å². The molecule has 0 unspecified atom stereocenters. The molecule has 4 aromatic rings. The fourth-order valence-corrected chi connectivity index (χ4v) is 6.51. The summed E-state index contributed by atoms with van der Waals surface area (Å²) in [5.74, 6) is -0.0869. The first-order valence-corrected chi connectivity index (χ1v) is 14.6. The lowest BCUT2D eigenvalue weighted by molar-refractivity contribution is -0.143. The van der Waals surface area contributed by atoms with Gasteiger partial charge in [-0.25, -0.2) is 15.0 Å². The van der Waals surface area contributed by atoms with Crippen molar-refractivity contribution in [1.82, 2.24) is 44.6 Å². The van der Waals surface area contributed by atoms with E-state index in [4.69, 9.17) is 4.84 Å². The van der Waals surface area contributed by atoms with Gasteiger partial charge in [-0.15, -0.1) is 5.06 Å². The molecular weight excluding hydrogens is 577 g/mol. The molecule has 2 saturated heterocycles. The Hall–Kier alpha value is -4.10. The number of aliphatic hydroxyl groups is 1. The van der Waals surface area contributed by atoms with Crippen LogP contribution in [0.15, 0.2) is 43.1 Å². The number of hydroxylamine groups is 2. The summed E-state index contributed by atoms with van der Waals surface area (Å²) >= 11 is 0. The minimum atomic E-state index is -4.60. The van der Waals surface area contributed by atoms with E-state index in [1.54, 1.807) is 11.3 Å². The number of aliphatic hydroxyl groups excluding tert-OH is 1. The van der Waals surface area contributed by atoms with Gasteiger partial charge in [0.1, 0.15) is 17.7 Å². The molecule has 0 amide bonds. The predicted molar refractivity (Wildman–Crippen MR) is 151 cm³/mol. The molecule has 12 nitrogen and oxygen atoms in total. The molecule has 0 aromatic carbocycles. The number of aromatic amines is 1. The van der Waals surface area contributed by atoms with Gasteiger partial charge in [-0.2, -0.15) is 23.5 Å². The number of rotatable bonds is 8. The second-order valence-electron chi connectivity index (χ2n) is 11.9. The van der Waals surface area contributed by atoms with Crippen LogP contribution in [-0.2, 0) is 18.3 Å². The van der Waals surface area contributed by atoms with Crippen LogP contribution in [0.3, 0.4) is 0 Å². The van der Waals surface area contributed by atoms with Crippen molar-refractivity contribution in [2.45, 2.75) is 49.7 Å². The molecule has 3 aliphatic rings. The summed E-state index contributed by atoms with van der Waals surface area (Å²) in [4.78, 5) is 25.6. The first-order chi connectivity index (χ1) is 21.2. The standard InChI is InChI=1S/C29H31F3N10O2/c30-29(31,32)24-9-19(14-39-16-22(43)17-39)10-25(38-24)44-41-7-5-40(6-8-41)21-11-28(12-21,2-3-33)42-15-20(13-37-42)26-23-1-4-34-27(23)36-18-35-26/h1,4,9-10,13,15,18,21-22,43H,2,5-8,11-12,14,16-17H2,(H,34,35,36). The van der Waals surface area contributed by atoms with Crippen LogP contribution in [0, 0.1) is 11.3 Å². The molecule has 0 atom stereocenters. The fourth-order valence-electron chi connectivity index (χ4n) is 6.51. The van der Waals surface area contributed by atoms with Crippen LogP contribution in [0.2, 0.25) is 0 Å². The zero-order chi connectivity index (χ0) is 30.5. The van der Waals surface area contributed by atoms with Crippen molar-refractivity contribution in [3.8, 4) is 23.2 Å². The number of hydrogen-bond acceptors (Lipinski definition) is 10. The van der Waals surface area contributed by atoms with Crippen LogP contribution in [0.4, 0.5) is 13.2 Å². The maximum absolute atomic E-state index is 13.6. The van der Waals surface area contributed by atoms with Crippen molar-refractivity contribution in [3.63, 3.8) is 0 Å². The number of piperazine rings is 1. The molecule has 0 radical (unpaired) electrons. The van der Waals surface area contributed by atoms with E-state index in [1.165, 1.54) is 12.4 Å². The number of alkyl halides is 3. The van der Waals surface area contributed by atoms with E-state index in [0.29, 0.717) is 51.3 Å². The van der Waals surface area contributed by atoms with E-state index in [-0.39, 0.29) is 18.5 Å².